The minimum Gasteiger partial charge on any atom is -0.362 e. The van der Waals surface area contributed by atoms with Crippen molar-refractivity contribution < 1.29 is 4.74 Å². The van der Waals surface area contributed by atoms with Gasteiger partial charge in [-0.25, -0.2) is 0 Å². The highest BCUT2D eigenvalue weighted by atomic mass is 16.5. The molecule has 7 heavy (non-hydrogen) atoms. The van der Waals surface area contributed by atoms with Crippen LogP contribution in [0, 0.1) is 6.08 Å². The van der Waals surface area contributed by atoms with Crippen LogP contribution in [0.25, 0.3) is 0 Å². The Labute approximate surface area is 43.2 Å². The molecule has 1 aliphatic rings. The smallest absolute Gasteiger partial charge is 0.0972 e. The Hall–Kier alpha value is -0.340. The number of hydrogen-bond donors (Lipinski definition) is 1. The molecule has 1 N–H and O–H groups in total. The van der Waals surface area contributed by atoms with Crippen LogP contribution in [0.2, 0.25) is 0 Å². The summed E-state index contributed by atoms with van der Waals surface area (Å²) >= 11 is 0. The van der Waals surface area contributed by atoms with Crippen LogP contribution in [-0.4, -0.2) is 19.9 Å². The van der Waals surface area contributed by atoms with Crippen LogP contribution in [0.15, 0.2) is 6.08 Å². The summed E-state index contributed by atoms with van der Waals surface area (Å²) in [7, 11) is 0. The van der Waals surface area contributed by atoms with Crippen LogP contribution in [0.5, 0.6) is 0 Å². The van der Waals surface area contributed by atoms with Gasteiger partial charge in [-0.2, -0.15) is 0 Å². The average Bonchev–Trinajstić information content (AvgIpc) is 1.90. The fourth-order valence-electron chi connectivity index (χ4n) is 0.444. The third kappa shape index (κ3) is 1.71. The van der Waals surface area contributed by atoms with Crippen molar-refractivity contribution in [2.75, 3.05) is 19.9 Å². The Morgan fingerprint density at radius 1 is 1.71 bits per heavy atom. The minimum absolute atomic E-state index is 0.632. The molecule has 1 heterocycles. The molecule has 0 saturated heterocycles. The molecule has 0 aromatic heterocycles. The Kier molecular flexibility index (Phi) is 1.90. The SMILES string of the molecule is [C]1=CCNCOC1. The van der Waals surface area contributed by atoms with Gasteiger partial charge in [-0.15, -0.1) is 0 Å². The van der Waals surface area contributed by atoms with Crippen LogP contribution in [0.4, 0.5) is 0 Å². The highest BCUT2D eigenvalue weighted by Gasteiger charge is 1.86. The highest BCUT2D eigenvalue weighted by molar-refractivity contribution is 4.77. The lowest BCUT2D eigenvalue weighted by atomic mass is 10.5. The van der Waals surface area contributed by atoms with Gasteiger partial charge in [-0.3, -0.25) is 5.32 Å². The molecule has 0 amide bonds. The summed E-state index contributed by atoms with van der Waals surface area (Å²) in [5, 5.41) is 3.01. The van der Waals surface area contributed by atoms with Gasteiger partial charge in [0.15, 0.2) is 0 Å². The molecule has 1 radical (unpaired) electrons. The van der Waals surface area contributed by atoms with Crippen LogP contribution in [0.1, 0.15) is 0 Å². The van der Waals surface area contributed by atoms with Gasteiger partial charge in [-0.1, -0.05) is 6.08 Å². The van der Waals surface area contributed by atoms with E-state index in [2.05, 4.69) is 11.4 Å². The summed E-state index contributed by atoms with van der Waals surface area (Å²) < 4.78 is 4.94. The molecule has 2 heteroatoms. The van der Waals surface area contributed by atoms with E-state index in [1.54, 1.807) is 0 Å². The first kappa shape index (κ1) is 4.81. The lowest BCUT2D eigenvalue weighted by Crippen LogP contribution is -2.14. The van der Waals surface area contributed by atoms with Gasteiger partial charge in [-0.05, 0) is 6.08 Å². The van der Waals surface area contributed by atoms with Crippen molar-refractivity contribution in [2.45, 2.75) is 0 Å². The van der Waals surface area contributed by atoms with Gasteiger partial charge >= 0.3 is 0 Å². The van der Waals surface area contributed by atoms with Gasteiger partial charge in [0.2, 0.25) is 0 Å². The highest BCUT2D eigenvalue weighted by Crippen LogP contribution is 1.78. The first-order valence-corrected chi connectivity index (χ1v) is 2.33. The molecule has 1 aliphatic heterocycles. The number of hydrogen-bond acceptors (Lipinski definition) is 2. The molecule has 0 spiro atoms. The first-order valence-electron chi connectivity index (χ1n) is 2.33. The van der Waals surface area contributed by atoms with Crippen LogP contribution < -0.4 is 5.32 Å². The van der Waals surface area contributed by atoms with Crippen molar-refractivity contribution >= 4 is 0 Å². The quantitative estimate of drug-likeness (QED) is 0.457. The van der Waals surface area contributed by atoms with E-state index in [4.69, 9.17) is 4.74 Å². The molecule has 0 aliphatic carbocycles. The van der Waals surface area contributed by atoms with Crippen molar-refractivity contribution in [3.8, 4) is 0 Å². The summed E-state index contributed by atoms with van der Waals surface area (Å²) in [6.45, 7) is 2.18. The molecular weight excluding hydrogens is 90.1 g/mol. The first-order chi connectivity index (χ1) is 3.50. The average molecular weight is 98.1 g/mol. The number of rotatable bonds is 0. The second kappa shape index (κ2) is 2.77. The van der Waals surface area contributed by atoms with Gasteiger partial charge in [0.1, 0.15) is 0 Å². The van der Waals surface area contributed by atoms with Gasteiger partial charge in [0.25, 0.3) is 0 Å². The maximum Gasteiger partial charge on any atom is 0.0972 e. The van der Waals surface area contributed by atoms with E-state index >= 15 is 0 Å². The van der Waals surface area contributed by atoms with Crippen molar-refractivity contribution in [1.29, 1.82) is 0 Å². The van der Waals surface area contributed by atoms with Gasteiger partial charge in [0.05, 0.1) is 13.3 Å². The monoisotopic (exact) mass is 98.1 g/mol. The molecule has 0 fully saturated rings. The summed E-state index contributed by atoms with van der Waals surface area (Å²) in [5.74, 6) is 0. The Bertz CT molecular complexity index is 62.5. The molecule has 2 nitrogen and oxygen atoms in total. The van der Waals surface area contributed by atoms with Crippen molar-refractivity contribution in [3.05, 3.63) is 12.2 Å². The fourth-order valence-corrected chi connectivity index (χ4v) is 0.444. The van der Waals surface area contributed by atoms with Crippen molar-refractivity contribution in [1.82, 2.24) is 5.32 Å². The molecule has 0 unspecified atom stereocenters. The topological polar surface area (TPSA) is 21.3 Å². The normalized spacial score (nSPS) is 21.7. The maximum absolute atomic E-state index is 4.94. The molecule has 1 rings (SSSR count). The Balaban J connectivity index is 2.20. The second-order valence-corrected chi connectivity index (χ2v) is 1.36. The lowest BCUT2D eigenvalue weighted by Gasteiger charge is -1.94. The van der Waals surface area contributed by atoms with E-state index in [0.717, 1.165) is 6.54 Å². The largest absolute Gasteiger partial charge is 0.362 e. The zero-order chi connectivity index (χ0) is 4.95. The molecule has 0 bridgehead atoms. The predicted molar refractivity (Wildman–Crippen MR) is 26.6 cm³/mol. The maximum atomic E-state index is 4.94. The van der Waals surface area contributed by atoms with E-state index in [-0.39, 0.29) is 0 Å². The predicted octanol–water partition coefficient (Wildman–Crippen LogP) is -0.0769. The molecule has 0 saturated carbocycles. The van der Waals surface area contributed by atoms with Crippen LogP contribution in [0.3, 0.4) is 0 Å². The van der Waals surface area contributed by atoms with E-state index in [1.165, 1.54) is 0 Å². The van der Waals surface area contributed by atoms with E-state index in [1.807, 2.05) is 6.08 Å². The summed E-state index contributed by atoms with van der Waals surface area (Å²) in [6, 6.07) is 0. The van der Waals surface area contributed by atoms with Crippen LogP contribution in [-0.2, 0) is 4.74 Å². The van der Waals surface area contributed by atoms with E-state index in [0.29, 0.717) is 13.3 Å². The van der Waals surface area contributed by atoms with Gasteiger partial charge in [0, 0.05) is 6.54 Å². The summed E-state index contributed by atoms with van der Waals surface area (Å²) in [5.41, 5.74) is 0. The second-order valence-electron chi connectivity index (χ2n) is 1.36. The van der Waals surface area contributed by atoms with E-state index in [9.17, 15) is 0 Å². The van der Waals surface area contributed by atoms with E-state index < -0.39 is 0 Å². The standard InChI is InChI=1S/C5H8NO/c1-2-4-7-5-6-3-1/h1,6H,3-5H2. The number of ether oxygens (including phenoxy) is 1. The molecule has 0 aromatic rings. The van der Waals surface area contributed by atoms with Crippen LogP contribution >= 0.6 is 0 Å². The van der Waals surface area contributed by atoms with Gasteiger partial charge < -0.3 is 4.74 Å². The zero-order valence-corrected chi connectivity index (χ0v) is 4.11. The Morgan fingerprint density at radius 3 is 3.71 bits per heavy atom. The third-order valence-corrected chi connectivity index (χ3v) is 0.780. The molecule has 0 atom stereocenters. The van der Waals surface area contributed by atoms with Crippen molar-refractivity contribution in [2.24, 2.45) is 0 Å². The molecule has 0 aromatic carbocycles. The molecule has 39 valence electrons. The fraction of sp³-hybridized carbons (Fsp3) is 0.600. The number of nitrogens with one attached hydrogen (secondary N) is 1. The Morgan fingerprint density at radius 2 is 2.71 bits per heavy atom. The third-order valence-electron chi connectivity index (χ3n) is 0.780. The lowest BCUT2D eigenvalue weighted by molar-refractivity contribution is 0.147. The summed E-state index contributed by atoms with van der Waals surface area (Å²) in [4.78, 5) is 0. The summed E-state index contributed by atoms with van der Waals surface area (Å²) in [6.07, 6.45) is 4.88. The van der Waals surface area contributed by atoms with Crippen molar-refractivity contribution in [3.63, 3.8) is 0 Å². The molecular formula is C5H8NO. The zero-order valence-electron chi connectivity index (χ0n) is 4.11. The minimum atomic E-state index is 0.632.